The molecule has 0 spiro atoms. The van der Waals surface area contributed by atoms with Crippen LogP contribution in [0, 0.1) is 11.8 Å². The molecule has 0 radical (unpaired) electrons. The van der Waals surface area contributed by atoms with Crippen LogP contribution < -0.4 is 0 Å². The molecule has 0 aromatic heterocycles. The first-order valence-electron chi connectivity index (χ1n) is 9.43. The molecule has 1 aliphatic rings. The van der Waals surface area contributed by atoms with Gasteiger partial charge in [-0.15, -0.1) is 0 Å². The normalized spacial score (nSPS) is 22.3. The number of hydrogen-bond donors (Lipinski definition) is 0. The Labute approximate surface area is 155 Å². The van der Waals surface area contributed by atoms with Gasteiger partial charge in [0.15, 0.2) is 18.2 Å². The molecular weight excluding hydrogens is 348 g/mol. The smallest absolute Gasteiger partial charge is 0.191 e. The van der Waals surface area contributed by atoms with Gasteiger partial charge in [-0.05, 0) is 61.4 Å². The van der Waals surface area contributed by atoms with Crippen LogP contribution in [0.25, 0.3) is 0 Å². The summed E-state index contributed by atoms with van der Waals surface area (Å²) in [6.07, 6.45) is 4.24. The highest BCUT2D eigenvalue weighted by molar-refractivity contribution is 7.91. The van der Waals surface area contributed by atoms with Gasteiger partial charge in [0.1, 0.15) is 0 Å². The molecule has 0 amide bonds. The van der Waals surface area contributed by atoms with E-state index in [0.29, 0.717) is 16.7 Å². The Morgan fingerprint density at radius 1 is 1.08 bits per heavy atom. The number of benzene rings is 1. The van der Waals surface area contributed by atoms with E-state index in [1.807, 2.05) is 6.07 Å². The lowest BCUT2D eigenvalue weighted by molar-refractivity contribution is 0.255. The molecule has 1 aromatic carbocycles. The lowest BCUT2D eigenvalue weighted by Gasteiger charge is -2.36. The van der Waals surface area contributed by atoms with Crippen LogP contribution in [0.3, 0.4) is 0 Å². The van der Waals surface area contributed by atoms with Gasteiger partial charge in [0, 0.05) is 6.61 Å². The van der Waals surface area contributed by atoms with Gasteiger partial charge >= 0.3 is 0 Å². The highest BCUT2D eigenvalue weighted by Crippen LogP contribution is 2.38. The molecule has 1 saturated carbocycles. The minimum atomic E-state index is -3.15. The maximum atomic E-state index is 12.5. The standard InChI is InChI=1S/C20H34O3SSi/c1-20(2,3)25(4,5)23-14-13-17-11-12-18(15-17)16-24(21,22)19-9-7-6-8-10-19/h6-10,17-18H,11-16H2,1-5H3/t17-,18-/m0/s1. The second-order valence-corrected chi connectivity index (χ2v) is 15.9. The zero-order chi connectivity index (χ0) is 18.7. The van der Waals surface area contributed by atoms with E-state index in [1.165, 1.54) is 0 Å². The summed E-state index contributed by atoms with van der Waals surface area (Å²) >= 11 is 0. The molecule has 25 heavy (non-hydrogen) atoms. The third-order valence-electron chi connectivity index (χ3n) is 6.00. The van der Waals surface area contributed by atoms with Crippen molar-refractivity contribution in [3.05, 3.63) is 30.3 Å². The van der Waals surface area contributed by atoms with Crippen LogP contribution in [0.4, 0.5) is 0 Å². The van der Waals surface area contributed by atoms with E-state index in [0.717, 1.165) is 32.3 Å². The second kappa shape index (κ2) is 7.93. The average Bonchev–Trinajstić information content (AvgIpc) is 2.93. The molecule has 0 bridgehead atoms. The van der Waals surface area contributed by atoms with Gasteiger partial charge in [0.2, 0.25) is 0 Å². The van der Waals surface area contributed by atoms with E-state index in [-0.39, 0.29) is 10.8 Å². The van der Waals surface area contributed by atoms with E-state index < -0.39 is 18.2 Å². The molecular formula is C20H34O3SSi. The molecule has 2 rings (SSSR count). The summed E-state index contributed by atoms with van der Waals surface area (Å²) < 4.78 is 31.3. The van der Waals surface area contributed by atoms with Crippen molar-refractivity contribution in [2.45, 2.75) is 69.5 Å². The molecule has 0 heterocycles. The maximum absolute atomic E-state index is 12.5. The zero-order valence-corrected chi connectivity index (χ0v) is 18.2. The van der Waals surface area contributed by atoms with E-state index in [9.17, 15) is 8.42 Å². The Balaban J connectivity index is 1.80. The van der Waals surface area contributed by atoms with Gasteiger partial charge in [0.25, 0.3) is 0 Å². The minimum absolute atomic E-state index is 0.245. The van der Waals surface area contributed by atoms with Gasteiger partial charge in [0.05, 0.1) is 10.6 Å². The van der Waals surface area contributed by atoms with Crippen molar-refractivity contribution in [1.29, 1.82) is 0 Å². The van der Waals surface area contributed by atoms with Crippen LogP contribution >= 0.6 is 0 Å². The molecule has 1 aliphatic carbocycles. The van der Waals surface area contributed by atoms with Crippen LogP contribution in [-0.2, 0) is 14.3 Å². The molecule has 0 N–H and O–H groups in total. The Morgan fingerprint density at radius 3 is 2.28 bits per heavy atom. The van der Waals surface area contributed by atoms with E-state index in [1.54, 1.807) is 24.3 Å². The van der Waals surface area contributed by atoms with E-state index in [4.69, 9.17) is 4.43 Å². The van der Waals surface area contributed by atoms with Crippen LogP contribution in [0.5, 0.6) is 0 Å². The molecule has 0 aliphatic heterocycles. The lowest BCUT2D eigenvalue weighted by atomic mass is 10.0. The van der Waals surface area contributed by atoms with Crippen molar-refractivity contribution in [1.82, 2.24) is 0 Å². The zero-order valence-electron chi connectivity index (χ0n) is 16.4. The van der Waals surface area contributed by atoms with Gasteiger partial charge in [-0.25, -0.2) is 8.42 Å². The van der Waals surface area contributed by atoms with Gasteiger partial charge in [-0.1, -0.05) is 45.4 Å². The quantitative estimate of drug-likeness (QED) is 0.602. The number of rotatable bonds is 7. The van der Waals surface area contributed by atoms with Crippen molar-refractivity contribution in [3.63, 3.8) is 0 Å². The van der Waals surface area contributed by atoms with Crippen molar-refractivity contribution in [2.75, 3.05) is 12.4 Å². The molecule has 142 valence electrons. The molecule has 3 nitrogen and oxygen atoms in total. The first kappa shape index (κ1) is 20.7. The Hall–Kier alpha value is -0.653. The van der Waals surface area contributed by atoms with Crippen molar-refractivity contribution in [3.8, 4) is 0 Å². The fourth-order valence-corrected chi connectivity index (χ4v) is 6.07. The third-order valence-corrected chi connectivity index (χ3v) is 12.4. The minimum Gasteiger partial charge on any atom is -0.417 e. The van der Waals surface area contributed by atoms with Crippen molar-refractivity contribution in [2.24, 2.45) is 11.8 Å². The number of sulfone groups is 1. The SMILES string of the molecule is CC(C)(C)[Si](C)(C)OCC[C@@H]1CC[C@H](CS(=O)(=O)c2ccccc2)C1. The topological polar surface area (TPSA) is 43.4 Å². The first-order valence-corrected chi connectivity index (χ1v) is 14.0. The number of hydrogen-bond acceptors (Lipinski definition) is 3. The van der Waals surface area contributed by atoms with Crippen molar-refractivity contribution >= 4 is 18.2 Å². The molecule has 1 aromatic rings. The Kier molecular flexibility index (Phi) is 6.55. The fraction of sp³-hybridized carbons (Fsp3) is 0.700. The highest BCUT2D eigenvalue weighted by Gasteiger charge is 2.37. The second-order valence-electron chi connectivity index (χ2n) is 9.04. The average molecular weight is 383 g/mol. The summed E-state index contributed by atoms with van der Waals surface area (Å²) in [5, 5.41) is 0.245. The molecule has 0 saturated heterocycles. The maximum Gasteiger partial charge on any atom is 0.191 e. The molecule has 2 atom stereocenters. The summed E-state index contributed by atoms with van der Waals surface area (Å²) in [5.74, 6) is 1.19. The Bertz CT molecular complexity index is 647. The Morgan fingerprint density at radius 2 is 1.68 bits per heavy atom. The summed E-state index contributed by atoms with van der Waals surface area (Å²) in [6.45, 7) is 12.2. The van der Waals surface area contributed by atoms with Crippen LogP contribution in [-0.4, -0.2) is 29.1 Å². The van der Waals surface area contributed by atoms with Crippen LogP contribution in [0.15, 0.2) is 35.2 Å². The predicted molar refractivity (Wildman–Crippen MR) is 107 cm³/mol. The van der Waals surface area contributed by atoms with Crippen LogP contribution in [0.2, 0.25) is 18.1 Å². The molecule has 5 heteroatoms. The van der Waals surface area contributed by atoms with Gasteiger partial charge < -0.3 is 4.43 Å². The lowest BCUT2D eigenvalue weighted by Crippen LogP contribution is -2.41. The fourth-order valence-electron chi connectivity index (χ4n) is 3.32. The summed E-state index contributed by atoms with van der Waals surface area (Å²) in [4.78, 5) is 0.458. The van der Waals surface area contributed by atoms with Crippen LogP contribution in [0.1, 0.15) is 46.5 Å². The summed E-state index contributed by atoms with van der Waals surface area (Å²) in [5.41, 5.74) is 0. The monoisotopic (exact) mass is 382 g/mol. The van der Waals surface area contributed by atoms with Crippen molar-refractivity contribution < 1.29 is 12.8 Å². The van der Waals surface area contributed by atoms with Gasteiger partial charge in [-0.2, -0.15) is 0 Å². The van der Waals surface area contributed by atoms with E-state index in [2.05, 4.69) is 33.9 Å². The molecule has 1 fully saturated rings. The van der Waals surface area contributed by atoms with E-state index >= 15 is 0 Å². The molecule has 0 unspecified atom stereocenters. The summed E-state index contributed by atoms with van der Waals surface area (Å²) in [7, 11) is -4.83. The first-order chi connectivity index (χ1) is 11.5. The third kappa shape index (κ3) is 5.66. The largest absolute Gasteiger partial charge is 0.417 e. The van der Waals surface area contributed by atoms with Gasteiger partial charge in [-0.3, -0.25) is 0 Å². The highest BCUT2D eigenvalue weighted by atomic mass is 32.2. The summed E-state index contributed by atoms with van der Waals surface area (Å²) in [6, 6.07) is 8.85. The predicted octanol–water partition coefficient (Wildman–Crippen LogP) is 5.29.